The third-order valence-corrected chi connectivity index (χ3v) is 8.31. The number of hydrogen-bond acceptors (Lipinski definition) is 3. The molecule has 0 saturated heterocycles. The van der Waals surface area contributed by atoms with Crippen LogP contribution in [0.5, 0.6) is 5.75 Å². The molecule has 0 spiro atoms. The second kappa shape index (κ2) is 9.43. The van der Waals surface area contributed by atoms with Gasteiger partial charge in [0.2, 0.25) is 0 Å². The average Bonchev–Trinajstić information content (AvgIpc) is 2.64. The molecule has 0 heterocycles. The van der Waals surface area contributed by atoms with E-state index in [1.807, 2.05) is 19.1 Å². The van der Waals surface area contributed by atoms with Gasteiger partial charge in [0.15, 0.2) is 5.60 Å². The van der Waals surface area contributed by atoms with E-state index in [4.69, 9.17) is 4.74 Å². The number of carbonyl (C=O) groups is 1. The molecular weight excluding hydrogens is 681 g/mol. The molecule has 0 saturated carbocycles. The molecule has 27 heavy (non-hydrogen) atoms. The van der Waals surface area contributed by atoms with Crippen LogP contribution in [0.1, 0.15) is 54.6 Å². The summed E-state index contributed by atoms with van der Waals surface area (Å²) < 4.78 is 9.02. The Kier molecular flexibility index (Phi) is 8.00. The molecule has 0 radical (unpaired) electrons. The minimum Gasteiger partial charge on any atom is -0.507 e. The number of esters is 1. The Morgan fingerprint density at radius 3 is 2.56 bits per heavy atom. The molecule has 2 rings (SSSR count). The third kappa shape index (κ3) is 5.17. The second-order valence-electron chi connectivity index (χ2n) is 6.54. The summed E-state index contributed by atoms with van der Waals surface area (Å²) in [7, 11) is 0. The van der Waals surface area contributed by atoms with Gasteiger partial charge in [-0.25, -0.2) is 4.79 Å². The molecule has 0 amide bonds. The van der Waals surface area contributed by atoms with E-state index in [0.29, 0.717) is 5.92 Å². The quantitative estimate of drug-likeness (QED) is 0.153. The van der Waals surface area contributed by atoms with Crippen LogP contribution in [0, 0.1) is 10.7 Å². The molecule has 0 aliphatic heterocycles. The summed E-state index contributed by atoms with van der Waals surface area (Å²) in [6.07, 6.45) is 2.58. The zero-order valence-electron chi connectivity index (χ0n) is 15.4. The molecule has 0 bridgehead atoms. The van der Waals surface area contributed by atoms with Crippen LogP contribution >= 0.6 is 67.8 Å². The van der Waals surface area contributed by atoms with Gasteiger partial charge < -0.3 is 9.84 Å². The molecule has 2 aromatic rings. The Labute approximate surface area is 201 Å². The minimum absolute atomic E-state index is 0.0783. The fourth-order valence-electron chi connectivity index (χ4n) is 2.63. The summed E-state index contributed by atoms with van der Waals surface area (Å²) in [5.41, 5.74) is 1.05. The fourth-order valence-corrected chi connectivity index (χ4v) is 5.32. The van der Waals surface area contributed by atoms with Gasteiger partial charge in [-0.05, 0) is 123 Å². The lowest BCUT2D eigenvalue weighted by Gasteiger charge is -2.28. The first kappa shape index (κ1) is 22.9. The van der Waals surface area contributed by atoms with Crippen molar-refractivity contribution < 1.29 is 14.6 Å². The van der Waals surface area contributed by atoms with Gasteiger partial charge in [-0.1, -0.05) is 26.5 Å². The van der Waals surface area contributed by atoms with Gasteiger partial charge in [0.25, 0.3) is 0 Å². The topological polar surface area (TPSA) is 46.5 Å². The number of benzene rings is 2. The van der Waals surface area contributed by atoms with Crippen molar-refractivity contribution in [3.05, 3.63) is 70.4 Å². The monoisotopic (exact) mass is 702 g/mol. The van der Waals surface area contributed by atoms with Crippen LogP contribution in [0.4, 0.5) is 0 Å². The number of rotatable bonds is 6. The summed E-state index contributed by atoms with van der Waals surface area (Å²) in [5.74, 6) is -0.351. The highest BCUT2D eigenvalue weighted by atomic mass is 127. The molecule has 0 aromatic heterocycles. The van der Waals surface area contributed by atoms with Gasteiger partial charge in [-0.3, -0.25) is 0 Å². The molecule has 0 aliphatic rings. The Bertz CT molecular complexity index is 879. The van der Waals surface area contributed by atoms with Gasteiger partial charge in [0.1, 0.15) is 11.3 Å². The first-order valence-corrected chi connectivity index (χ1v) is 11.7. The van der Waals surface area contributed by atoms with Crippen LogP contribution in [0.3, 0.4) is 0 Å². The average molecular weight is 702 g/mol. The highest BCUT2D eigenvalue weighted by molar-refractivity contribution is 14.1. The van der Waals surface area contributed by atoms with Crippen molar-refractivity contribution in [1.82, 2.24) is 0 Å². The molecule has 6 heteroatoms. The molecular formula is C21H21I3O3. The third-order valence-electron chi connectivity index (χ3n) is 4.64. The highest BCUT2D eigenvalue weighted by Crippen LogP contribution is 2.36. The number of carbonyl (C=O) groups excluding carboxylic acids is 1. The molecule has 0 aliphatic carbocycles. The van der Waals surface area contributed by atoms with E-state index < -0.39 is 11.6 Å². The van der Waals surface area contributed by atoms with Crippen LogP contribution in [-0.2, 0) is 10.3 Å². The van der Waals surface area contributed by atoms with Gasteiger partial charge in [-0.2, -0.15) is 0 Å². The van der Waals surface area contributed by atoms with E-state index in [2.05, 4.69) is 94.3 Å². The number of hydrogen-bond donors (Lipinski definition) is 1. The van der Waals surface area contributed by atoms with Gasteiger partial charge in [-0.15, -0.1) is 0 Å². The van der Waals surface area contributed by atoms with Crippen molar-refractivity contribution in [1.29, 1.82) is 0 Å². The van der Waals surface area contributed by atoms with Crippen molar-refractivity contribution >= 4 is 73.7 Å². The molecule has 144 valence electrons. The molecule has 3 nitrogen and oxygen atoms in total. The number of ether oxygens (including phenoxy) is 1. The summed E-state index contributed by atoms with van der Waals surface area (Å²) in [4.78, 5) is 12.9. The maximum Gasteiger partial charge on any atom is 0.343 e. The maximum absolute atomic E-state index is 12.9. The van der Waals surface area contributed by atoms with E-state index in [-0.39, 0.29) is 11.3 Å². The van der Waals surface area contributed by atoms with E-state index >= 15 is 0 Å². The summed E-state index contributed by atoms with van der Waals surface area (Å²) in [6, 6.07) is 9.19. The predicted octanol–water partition coefficient (Wildman–Crippen LogP) is 6.98. The standard InChI is InChI=1S/C21H21I3O3/c1-5-12(3)13-7-8-18(25)15(9-13)20(26)27-21(4,6-2)16-10-14(22)11-17(23)19(16)24/h6-12,25H,2,5H2,1,3-4H3. The second-order valence-corrected chi connectivity index (χ2v) is 10.0. The lowest BCUT2D eigenvalue weighted by molar-refractivity contribution is 0.00870. The first-order chi connectivity index (χ1) is 12.6. The van der Waals surface area contributed by atoms with Crippen molar-refractivity contribution in [2.24, 2.45) is 0 Å². The van der Waals surface area contributed by atoms with Crippen molar-refractivity contribution in [3.63, 3.8) is 0 Å². The number of halogens is 3. The van der Waals surface area contributed by atoms with Crippen LogP contribution in [-0.4, -0.2) is 11.1 Å². The highest BCUT2D eigenvalue weighted by Gasteiger charge is 2.32. The summed E-state index contributed by atoms with van der Waals surface area (Å²) in [5, 5.41) is 10.2. The Morgan fingerprint density at radius 1 is 1.30 bits per heavy atom. The largest absolute Gasteiger partial charge is 0.507 e. The normalized spacial score (nSPS) is 14.3. The van der Waals surface area contributed by atoms with E-state index in [1.165, 1.54) is 0 Å². The van der Waals surface area contributed by atoms with Crippen LogP contribution in [0.2, 0.25) is 0 Å². The van der Waals surface area contributed by atoms with Gasteiger partial charge in [0, 0.05) is 16.3 Å². The van der Waals surface area contributed by atoms with Crippen LogP contribution < -0.4 is 0 Å². The number of phenols is 1. The molecule has 1 N–H and O–H groups in total. The van der Waals surface area contributed by atoms with Crippen molar-refractivity contribution in [2.75, 3.05) is 0 Å². The smallest absolute Gasteiger partial charge is 0.343 e. The number of aromatic hydroxyl groups is 1. The fraction of sp³-hybridized carbons (Fsp3) is 0.286. The van der Waals surface area contributed by atoms with E-state index in [1.54, 1.807) is 18.2 Å². The van der Waals surface area contributed by atoms with Crippen LogP contribution in [0.15, 0.2) is 43.0 Å². The molecule has 2 atom stereocenters. The number of phenolic OH excluding ortho intramolecular Hbond substituents is 1. The Morgan fingerprint density at radius 2 is 1.96 bits per heavy atom. The first-order valence-electron chi connectivity index (χ1n) is 8.47. The zero-order valence-corrected chi connectivity index (χ0v) is 21.8. The van der Waals surface area contributed by atoms with Crippen molar-refractivity contribution in [3.8, 4) is 5.75 Å². The lowest BCUT2D eigenvalue weighted by atomic mass is 9.95. The predicted molar refractivity (Wildman–Crippen MR) is 134 cm³/mol. The van der Waals surface area contributed by atoms with Gasteiger partial charge in [0.05, 0.1) is 0 Å². The molecule has 0 fully saturated rings. The Hall–Kier alpha value is -0.360. The maximum atomic E-state index is 12.9. The van der Waals surface area contributed by atoms with Crippen LogP contribution in [0.25, 0.3) is 0 Å². The Balaban J connectivity index is 2.45. The molecule has 2 unspecified atom stereocenters. The summed E-state index contributed by atoms with van der Waals surface area (Å²) in [6.45, 7) is 9.88. The zero-order chi connectivity index (χ0) is 20.4. The van der Waals surface area contributed by atoms with Gasteiger partial charge >= 0.3 is 5.97 Å². The summed E-state index contributed by atoms with van der Waals surface area (Å²) >= 11 is 6.78. The van der Waals surface area contributed by atoms with E-state index in [0.717, 1.165) is 28.3 Å². The minimum atomic E-state index is -1.01. The van der Waals surface area contributed by atoms with Crippen molar-refractivity contribution in [2.45, 2.75) is 38.7 Å². The SMILES string of the molecule is C=CC(C)(OC(=O)c1cc(C(C)CC)ccc1O)c1cc(I)cc(I)c1I. The molecule has 2 aromatic carbocycles. The van der Waals surface area contributed by atoms with E-state index in [9.17, 15) is 9.90 Å². The lowest BCUT2D eigenvalue weighted by Crippen LogP contribution is -2.28.